The summed E-state index contributed by atoms with van der Waals surface area (Å²) < 4.78 is 16.0. The zero-order valence-corrected chi connectivity index (χ0v) is 16.7. The Bertz CT molecular complexity index is 981. The second-order valence-corrected chi connectivity index (χ2v) is 7.72. The molecule has 0 unspecified atom stereocenters. The van der Waals surface area contributed by atoms with Gasteiger partial charge in [0.1, 0.15) is 18.2 Å². The number of rotatable bonds is 5. The number of fused-ring (bicyclic) bond motifs is 1. The van der Waals surface area contributed by atoms with E-state index in [-0.39, 0.29) is 18.3 Å². The van der Waals surface area contributed by atoms with Crippen LogP contribution in [0.4, 0.5) is 10.1 Å². The Hall–Kier alpha value is -2.54. The predicted octanol–water partition coefficient (Wildman–Crippen LogP) is 3.39. The zero-order valence-electron chi connectivity index (χ0n) is 15.8. The van der Waals surface area contributed by atoms with Gasteiger partial charge in [-0.2, -0.15) is 11.8 Å². The van der Waals surface area contributed by atoms with E-state index in [0.717, 1.165) is 22.6 Å². The van der Waals surface area contributed by atoms with Gasteiger partial charge in [0, 0.05) is 26.2 Å². The summed E-state index contributed by atoms with van der Waals surface area (Å²) in [7, 11) is 0. The largest absolute Gasteiger partial charge is 0.366 e. The van der Waals surface area contributed by atoms with Crippen LogP contribution in [0.15, 0.2) is 48.5 Å². The number of benzene rings is 2. The molecule has 4 rings (SSSR count). The van der Waals surface area contributed by atoms with Gasteiger partial charge < -0.3 is 14.4 Å². The molecule has 2 aromatic carbocycles. The van der Waals surface area contributed by atoms with Gasteiger partial charge in [-0.3, -0.25) is 4.79 Å². The first kappa shape index (κ1) is 18.8. The van der Waals surface area contributed by atoms with Crippen LogP contribution in [0.3, 0.4) is 0 Å². The molecule has 0 spiro atoms. The molecule has 2 heterocycles. The maximum Gasteiger partial charge on any atom is 0.242 e. The van der Waals surface area contributed by atoms with Crippen molar-refractivity contribution in [2.45, 2.75) is 12.3 Å². The van der Waals surface area contributed by atoms with Crippen LogP contribution in [0.25, 0.3) is 11.0 Å². The Balaban J connectivity index is 1.46. The van der Waals surface area contributed by atoms with Gasteiger partial charge in [-0.05, 0) is 30.5 Å². The lowest BCUT2D eigenvalue weighted by Gasteiger charge is -2.36. The normalized spacial score (nSPS) is 14.6. The Labute approximate surface area is 168 Å². The van der Waals surface area contributed by atoms with Crippen LogP contribution in [0.2, 0.25) is 0 Å². The first-order valence-corrected chi connectivity index (χ1v) is 10.8. The summed E-state index contributed by atoms with van der Waals surface area (Å²) >= 11 is 1.70. The number of aromatic nitrogens is 2. The number of amides is 1. The molecule has 0 aliphatic carbocycles. The molecule has 0 N–H and O–H groups in total. The highest BCUT2D eigenvalue weighted by Crippen LogP contribution is 2.22. The monoisotopic (exact) mass is 398 g/mol. The third-order valence-corrected chi connectivity index (χ3v) is 5.67. The van der Waals surface area contributed by atoms with Crippen LogP contribution >= 0.6 is 11.8 Å². The van der Waals surface area contributed by atoms with Crippen LogP contribution < -0.4 is 4.90 Å². The van der Waals surface area contributed by atoms with Crippen LogP contribution in [-0.2, 0) is 17.1 Å². The Morgan fingerprint density at radius 2 is 1.79 bits per heavy atom. The minimum absolute atomic E-state index is 0.0821. The van der Waals surface area contributed by atoms with E-state index in [4.69, 9.17) is 0 Å². The standard InChI is InChI=1S/C21H23FN4OS/c1-28-15-20-23-17-7-3-5-9-19(17)26(20)14-21(27)25-12-10-24(11-13-25)18-8-4-2-6-16(18)22/h2-9H,10-15H2,1H3. The summed E-state index contributed by atoms with van der Waals surface area (Å²) in [6, 6.07) is 14.7. The molecule has 0 radical (unpaired) electrons. The lowest BCUT2D eigenvalue weighted by atomic mass is 10.2. The molecule has 28 heavy (non-hydrogen) atoms. The molecule has 1 aliphatic heterocycles. The molecule has 146 valence electrons. The number of carbonyl (C=O) groups is 1. The number of halogens is 1. The molecule has 7 heteroatoms. The highest BCUT2D eigenvalue weighted by molar-refractivity contribution is 7.97. The quantitative estimate of drug-likeness (QED) is 0.661. The van der Waals surface area contributed by atoms with Crippen LogP contribution in [0.5, 0.6) is 0 Å². The Kier molecular flexibility index (Phi) is 5.52. The van der Waals surface area contributed by atoms with Crippen LogP contribution in [-0.4, -0.2) is 52.8 Å². The van der Waals surface area contributed by atoms with Crippen molar-refractivity contribution < 1.29 is 9.18 Å². The highest BCUT2D eigenvalue weighted by Gasteiger charge is 2.24. The molecule has 1 amide bonds. The average Bonchev–Trinajstić information content (AvgIpc) is 3.06. The number of imidazole rings is 1. The fraction of sp³-hybridized carbons (Fsp3) is 0.333. The van der Waals surface area contributed by atoms with E-state index < -0.39 is 0 Å². The van der Waals surface area contributed by atoms with E-state index in [9.17, 15) is 9.18 Å². The third-order valence-electron chi connectivity index (χ3n) is 5.13. The topological polar surface area (TPSA) is 41.4 Å². The molecule has 1 aromatic heterocycles. The summed E-state index contributed by atoms with van der Waals surface area (Å²) in [5, 5.41) is 0. The highest BCUT2D eigenvalue weighted by atomic mass is 32.2. The minimum Gasteiger partial charge on any atom is -0.366 e. The van der Waals surface area contributed by atoms with Crippen molar-refractivity contribution in [1.29, 1.82) is 0 Å². The number of hydrogen-bond donors (Lipinski definition) is 0. The molecule has 0 bridgehead atoms. The second kappa shape index (κ2) is 8.22. The van der Waals surface area contributed by atoms with E-state index in [1.165, 1.54) is 6.07 Å². The fourth-order valence-corrected chi connectivity index (χ4v) is 4.16. The number of nitrogens with zero attached hydrogens (tertiary/aromatic N) is 4. The van der Waals surface area contributed by atoms with Crippen molar-refractivity contribution in [3.63, 3.8) is 0 Å². The molecular formula is C21H23FN4OS. The number of piperazine rings is 1. The van der Waals surface area contributed by atoms with Crippen molar-refractivity contribution >= 4 is 34.4 Å². The maximum atomic E-state index is 14.0. The molecule has 5 nitrogen and oxygen atoms in total. The van der Waals surface area contributed by atoms with Crippen molar-refractivity contribution in [2.24, 2.45) is 0 Å². The van der Waals surface area contributed by atoms with Gasteiger partial charge in [0.25, 0.3) is 0 Å². The fourth-order valence-electron chi connectivity index (χ4n) is 3.68. The van der Waals surface area contributed by atoms with Gasteiger partial charge in [0.2, 0.25) is 5.91 Å². The predicted molar refractivity (Wildman–Crippen MR) is 112 cm³/mol. The molecule has 1 aliphatic rings. The SMILES string of the molecule is CSCc1nc2ccccc2n1CC(=O)N1CCN(c2ccccc2F)CC1. The van der Waals surface area contributed by atoms with Gasteiger partial charge in [-0.15, -0.1) is 0 Å². The number of carbonyl (C=O) groups excluding carboxylic acids is 1. The second-order valence-electron chi connectivity index (χ2n) is 6.86. The van der Waals surface area contributed by atoms with Crippen LogP contribution in [0.1, 0.15) is 5.82 Å². The average molecular weight is 399 g/mol. The maximum absolute atomic E-state index is 14.0. The first-order chi connectivity index (χ1) is 13.7. The van der Waals surface area contributed by atoms with E-state index >= 15 is 0 Å². The van der Waals surface area contributed by atoms with Gasteiger partial charge in [0.05, 0.1) is 22.5 Å². The van der Waals surface area contributed by atoms with E-state index in [1.54, 1.807) is 23.9 Å². The lowest BCUT2D eigenvalue weighted by Crippen LogP contribution is -2.49. The van der Waals surface area contributed by atoms with E-state index in [1.807, 2.05) is 51.0 Å². The summed E-state index contributed by atoms with van der Waals surface area (Å²) in [6.07, 6.45) is 2.04. The van der Waals surface area contributed by atoms with Crippen molar-refractivity contribution in [3.05, 3.63) is 60.2 Å². The molecule has 1 fully saturated rings. The number of thioether (sulfide) groups is 1. The Morgan fingerprint density at radius 3 is 2.54 bits per heavy atom. The summed E-state index contributed by atoms with van der Waals surface area (Å²) in [5.41, 5.74) is 2.52. The molecule has 0 saturated carbocycles. The minimum atomic E-state index is -0.214. The smallest absolute Gasteiger partial charge is 0.242 e. The number of hydrogen-bond acceptors (Lipinski definition) is 4. The van der Waals surface area contributed by atoms with Gasteiger partial charge >= 0.3 is 0 Å². The summed E-state index contributed by atoms with van der Waals surface area (Å²) in [5.74, 6) is 1.56. The van der Waals surface area contributed by atoms with Crippen molar-refractivity contribution in [2.75, 3.05) is 37.3 Å². The third kappa shape index (κ3) is 3.71. The van der Waals surface area contributed by atoms with Gasteiger partial charge in [-0.25, -0.2) is 9.37 Å². The number of para-hydroxylation sites is 3. The van der Waals surface area contributed by atoms with Crippen molar-refractivity contribution in [3.8, 4) is 0 Å². The number of anilines is 1. The molecule has 0 atom stereocenters. The van der Waals surface area contributed by atoms with Gasteiger partial charge in [-0.1, -0.05) is 24.3 Å². The van der Waals surface area contributed by atoms with Crippen LogP contribution in [0, 0.1) is 5.82 Å². The molecule has 3 aromatic rings. The molecule has 1 saturated heterocycles. The van der Waals surface area contributed by atoms with E-state index in [0.29, 0.717) is 31.9 Å². The Morgan fingerprint density at radius 1 is 1.07 bits per heavy atom. The summed E-state index contributed by atoms with van der Waals surface area (Å²) in [6.45, 7) is 2.75. The summed E-state index contributed by atoms with van der Waals surface area (Å²) in [4.78, 5) is 21.5. The van der Waals surface area contributed by atoms with Crippen molar-refractivity contribution in [1.82, 2.24) is 14.5 Å². The lowest BCUT2D eigenvalue weighted by molar-refractivity contribution is -0.132. The van der Waals surface area contributed by atoms with E-state index in [2.05, 4.69) is 4.98 Å². The first-order valence-electron chi connectivity index (χ1n) is 9.37. The van der Waals surface area contributed by atoms with Gasteiger partial charge in [0.15, 0.2) is 0 Å². The molecular weight excluding hydrogens is 375 g/mol. The zero-order chi connectivity index (χ0) is 19.5.